The summed E-state index contributed by atoms with van der Waals surface area (Å²) in [6.07, 6.45) is 9.43. The minimum atomic E-state index is -1.24. The van der Waals surface area contributed by atoms with E-state index in [0.717, 1.165) is 32.1 Å². The maximum atomic E-state index is 12.3. The Morgan fingerprint density at radius 2 is 1.68 bits per heavy atom. The topological polar surface area (TPSA) is 94.8 Å². The Labute approximate surface area is 167 Å². The Bertz CT molecular complexity index is 731. The van der Waals surface area contributed by atoms with Crippen molar-refractivity contribution < 1.29 is 24.9 Å². The third kappa shape index (κ3) is 2.58. The highest BCUT2D eigenvalue weighted by Gasteiger charge is 2.66. The minimum absolute atomic E-state index is 0.0497. The zero-order valence-electron chi connectivity index (χ0n) is 17.3. The highest BCUT2D eigenvalue weighted by atomic mass is 16.4. The number of aliphatic hydroxyl groups is 2. The molecule has 5 nitrogen and oxygen atoms in total. The zero-order valence-corrected chi connectivity index (χ0v) is 17.3. The molecule has 4 aliphatic rings. The Morgan fingerprint density at radius 3 is 2.32 bits per heavy atom. The molecule has 8 atom stereocenters. The van der Waals surface area contributed by atoms with Gasteiger partial charge in [0.1, 0.15) is 5.60 Å². The summed E-state index contributed by atoms with van der Waals surface area (Å²) in [4.78, 5) is 23.5. The lowest BCUT2D eigenvalue weighted by Gasteiger charge is -2.60. The van der Waals surface area contributed by atoms with Crippen LogP contribution in [0.5, 0.6) is 0 Å². The van der Waals surface area contributed by atoms with Crippen molar-refractivity contribution in [3.63, 3.8) is 0 Å². The number of allylic oxidation sites excluding steroid dienone is 1. The molecule has 3 N–H and O–H groups in total. The molecular formula is C23H34O5. The van der Waals surface area contributed by atoms with Crippen LogP contribution in [0.15, 0.2) is 12.2 Å². The lowest BCUT2D eigenvalue weighted by Crippen LogP contribution is -2.58. The van der Waals surface area contributed by atoms with Crippen molar-refractivity contribution in [3.8, 4) is 0 Å². The molecule has 3 fully saturated rings. The maximum absolute atomic E-state index is 12.3. The number of carboxylic acids is 1. The number of aliphatic carboxylic acids is 1. The van der Waals surface area contributed by atoms with Crippen LogP contribution in [0.1, 0.15) is 72.1 Å². The van der Waals surface area contributed by atoms with Crippen LogP contribution in [0.4, 0.5) is 0 Å². The fourth-order valence-corrected chi connectivity index (χ4v) is 7.87. The van der Waals surface area contributed by atoms with Crippen LogP contribution >= 0.6 is 0 Å². The van der Waals surface area contributed by atoms with E-state index in [0.29, 0.717) is 30.6 Å². The van der Waals surface area contributed by atoms with Gasteiger partial charge in [0.2, 0.25) is 0 Å². The average Bonchev–Trinajstić information content (AvgIpc) is 2.88. The molecule has 0 aromatic heterocycles. The molecule has 28 heavy (non-hydrogen) atoms. The van der Waals surface area contributed by atoms with Gasteiger partial charge in [-0.25, -0.2) is 0 Å². The van der Waals surface area contributed by atoms with Gasteiger partial charge in [0.05, 0.1) is 12.0 Å². The second kappa shape index (κ2) is 6.15. The first-order valence-corrected chi connectivity index (χ1v) is 10.8. The van der Waals surface area contributed by atoms with Gasteiger partial charge in [-0.1, -0.05) is 26.0 Å². The number of hydrogen-bond acceptors (Lipinski definition) is 4. The van der Waals surface area contributed by atoms with Crippen LogP contribution in [0.25, 0.3) is 0 Å². The van der Waals surface area contributed by atoms with Crippen molar-refractivity contribution in [2.24, 2.45) is 34.5 Å². The number of ketones is 1. The molecule has 0 aromatic rings. The second-order valence-corrected chi connectivity index (χ2v) is 10.6. The van der Waals surface area contributed by atoms with E-state index in [-0.39, 0.29) is 29.0 Å². The van der Waals surface area contributed by atoms with Crippen LogP contribution in [-0.2, 0) is 9.59 Å². The average molecular weight is 391 g/mol. The molecule has 5 heteroatoms. The molecule has 0 heterocycles. The Morgan fingerprint density at radius 1 is 1.00 bits per heavy atom. The standard InChI is InChI=1S/C23H34O5/c1-14(24)23(28)9-7-18-16-5-4-15-12-22(27,13-19(25)26)11-10-20(15,2)17(16)6-8-21(18,23)3/h10-11,15-18,27-28H,4-9,12-13H2,1-3H3,(H,25,26)/t15?,16-,17+,18+,20+,21+,22?,23+/m1/s1. The van der Waals surface area contributed by atoms with Gasteiger partial charge < -0.3 is 15.3 Å². The number of carboxylic acid groups (broad SMARTS) is 1. The first-order valence-electron chi connectivity index (χ1n) is 10.8. The molecule has 0 spiro atoms. The highest BCUT2D eigenvalue weighted by Crippen LogP contribution is 2.68. The molecule has 0 aromatic carbocycles. The molecule has 0 bridgehead atoms. The summed E-state index contributed by atoms with van der Waals surface area (Å²) in [6.45, 7) is 5.93. The molecular weight excluding hydrogens is 356 g/mol. The van der Waals surface area contributed by atoms with Crippen molar-refractivity contribution in [2.45, 2.75) is 83.3 Å². The summed E-state index contributed by atoms with van der Waals surface area (Å²) >= 11 is 0. The largest absolute Gasteiger partial charge is 0.481 e. The first kappa shape index (κ1) is 20.1. The Hall–Kier alpha value is -1.20. The summed E-state index contributed by atoms with van der Waals surface area (Å²) in [5.41, 5.74) is -2.82. The third-order valence-corrected chi connectivity index (χ3v) is 9.51. The van der Waals surface area contributed by atoms with Gasteiger partial charge in [0, 0.05) is 5.41 Å². The smallest absolute Gasteiger partial charge is 0.306 e. The van der Waals surface area contributed by atoms with E-state index >= 15 is 0 Å². The van der Waals surface area contributed by atoms with Crippen LogP contribution in [0, 0.1) is 34.5 Å². The van der Waals surface area contributed by atoms with E-state index in [1.807, 2.05) is 0 Å². The molecule has 4 rings (SSSR count). The molecule has 4 aliphatic carbocycles. The number of hydrogen-bond donors (Lipinski definition) is 3. The lowest BCUT2D eigenvalue weighted by molar-refractivity contribution is -0.165. The van der Waals surface area contributed by atoms with E-state index < -0.39 is 17.2 Å². The van der Waals surface area contributed by atoms with Gasteiger partial charge in [-0.15, -0.1) is 0 Å². The molecule has 2 unspecified atom stereocenters. The third-order valence-electron chi connectivity index (χ3n) is 9.51. The Kier molecular flexibility index (Phi) is 4.41. The summed E-state index contributed by atoms with van der Waals surface area (Å²) in [6, 6.07) is 0. The molecule has 156 valence electrons. The fraction of sp³-hybridized carbons (Fsp3) is 0.826. The molecule has 3 saturated carbocycles. The van der Waals surface area contributed by atoms with Crippen molar-refractivity contribution in [3.05, 3.63) is 12.2 Å². The normalized spacial score (nSPS) is 52.5. The number of carbonyl (C=O) groups excluding carboxylic acids is 1. The van der Waals surface area contributed by atoms with Crippen LogP contribution in [0.3, 0.4) is 0 Å². The summed E-state index contributed by atoms with van der Waals surface area (Å²) in [5, 5.41) is 31.1. The first-order chi connectivity index (χ1) is 13.0. The van der Waals surface area contributed by atoms with E-state index in [1.54, 1.807) is 6.08 Å². The van der Waals surface area contributed by atoms with Crippen LogP contribution in [0.2, 0.25) is 0 Å². The van der Waals surface area contributed by atoms with Gasteiger partial charge >= 0.3 is 5.97 Å². The van der Waals surface area contributed by atoms with Gasteiger partial charge in [-0.2, -0.15) is 0 Å². The molecule has 0 amide bonds. The van der Waals surface area contributed by atoms with Crippen molar-refractivity contribution in [1.82, 2.24) is 0 Å². The van der Waals surface area contributed by atoms with Crippen molar-refractivity contribution in [1.29, 1.82) is 0 Å². The minimum Gasteiger partial charge on any atom is -0.481 e. The fourth-order valence-electron chi connectivity index (χ4n) is 7.87. The summed E-state index contributed by atoms with van der Waals surface area (Å²) < 4.78 is 0. The van der Waals surface area contributed by atoms with Gasteiger partial charge in [0.25, 0.3) is 0 Å². The number of Topliss-reactive ketones (excluding diaryl/α,β-unsaturated/α-hetero) is 1. The predicted octanol–water partition coefficient (Wildman–Crippen LogP) is 3.33. The summed E-state index contributed by atoms with van der Waals surface area (Å²) in [7, 11) is 0. The van der Waals surface area contributed by atoms with E-state index in [1.165, 1.54) is 6.92 Å². The molecule has 0 saturated heterocycles. The summed E-state index contributed by atoms with van der Waals surface area (Å²) in [5.74, 6) is 0.513. The number of carbonyl (C=O) groups is 2. The monoisotopic (exact) mass is 390 g/mol. The number of fused-ring (bicyclic) bond motifs is 5. The highest BCUT2D eigenvalue weighted by molar-refractivity contribution is 5.86. The molecule has 0 aliphatic heterocycles. The van der Waals surface area contributed by atoms with Crippen LogP contribution < -0.4 is 0 Å². The maximum Gasteiger partial charge on any atom is 0.306 e. The van der Waals surface area contributed by atoms with E-state index in [9.17, 15) is 19.8 Å². The van der Waals surface area contributed by atoms with Gasteiger partial charge in [0.15, 0.2) is 5.78 Å². The van der Waals surface area contributed by atoms with Gasteiger partial charge in [-0.3, -0.25) is 9.59 Å². The van der Waals surface area contributed by atoms with Gasteiger partial charge in [-0.05, 0) is 81.0 Å². The number of rotatable bonds is 3. The Balaban J connectivity index is 1.64. The SMILES string of the molecule is CC(=O)[C@@]1(O)CC[C@H]2[C@@H]3CCC4CC(O)(CC(=O)O)C=C[C@]4(C)[C@H]3CC[C@@]21C. The molecule has 0 radical (unpaired) electrons. The second-order valence-electron chi connectivity index (χ2n) is 10.6. The van der Waals surface area contributed by atoms with E-state index in [2.05, 4.69) is 19.9 Å². The predicted molar refractivity (Wildman–Crippen MR) is 104 cm³/mol. The van der Waals surface area contributed by atoms with Crippen LogP contribution in [-0.4, -0.2) is 38.3 Å². The zero-order chi connectivity index (χ0) is 20.5. The van der Waals surface area contributed by atoms with E-state index in [4.69, 9.17) is 5.11 Å². The lowest BCUT2D eigenvalue weighted by atomic mass is 9.44. The quantitative estimate of drug-likeness (QED) is 0.643. The van der Waals surface area contributed by atoms with Crippen molar-refractivity contribution >= 4 is 11.8 Å². The van der Waals surface area contributed by atoms with Crippen molar-refractivity contribution in [2.75, 3.05) is 0 Å².